The molecular formula is C10H10BrN3O. The molecule has 0 amide bonds. The van der Waals surface area contributed by atoms with Gasteiger partial charge in [-0.3, -0.25) is 0 Å². The lowest BCUT2D eigenvalue weighted by Crippen LogP contribution is -1.99. The topological polar surface area (TPSA) is 63.9 Å². The third-order valence-electron chi connectivity index (χ3n) is 1.95. The van der Waals surface area contributed by atoms with E-state index in [1.807, 2.05) is 24.3 Å². The summed E-state index contributed by atoms with van der Waals surface area (Å²) in [5, 5.41) is 0. The van der Waals surface area contributed by atoms with Gasteiger partial charge in [0.25, 0.3) is 0 Å². The van der Waals surface area contributed by atoms with E-state index in [0.717, 1.165) is 15.9 Å². The van der Waals surface area contributed by atoms with E-state index in [1.165, 1.54) is 0 Å². The van der Waals surface area contributed by atoms with Gasteiger partial charge in [0.1, 0.15) is 18.2 Å². The Morgan fingerprint density at radius 2 is 2.07 bits per heavy atom. The molecule has 0 fully saturated rings. The maximum Gasteiger partial charge on any atom is 0.148 e. The Balaban J connectivity index is 1.99. The van der Waals surface area contributed by atoms with Crippen molar-refractivity contribution >= 4 is 21.7 Å². The fourth-order valence-electron chi connectivity index (χ4n) is 1.13. The lowest BCUT2D eigenvalue weighted by atomic mass is 10.3. The van der Waals surface area contributed by atoms with E-state index in [-0.39, 0.29) is 0 Å². The Kier molecular flexibility index (Phi) is 2.91. The van der Waals surface area contributed by atoms with Crippen molar-refractivity contribution < 1.29 is 4.74 Å². The molecule has 0 aliphatic heterocycles. The largest absolute Gasteiger partial charge is 0.487 e. The van der Waals surface area contributed by atoms with Crippen molar-refractivity contribution in [1.29, 1.82) is 0 Å². The van der Waals surface area contributed by atoms with Gasteiger partial charge in [-0.25, -0.2) is 4.98 Å². The van der Waals surface area contributed by atoms with Crippen LogP contribution in [0.4, 0.5) is 5.82 Å². The first kappa shape index (κ1) is 10.0. The second-order valence-electron chi connectivity index (χ2n) is 3.01. The highest BCUT2D eigenvalue weighted by Gasteiger charge is 2.01. The highest BCUT2D eigenvalue weighted by atomic mass is 79.9. The van der Waals surface area contributed by atoms with E-state index in [0.29, 0.717) is 12.4 Å². The number of aromatic nitrogens is 2. The van der Waals surface area contributed by atoms with Crippen LogP contribution < -0.4 is 10.5 Å². The van der Waals surface area contributed by atoms with Crippen LogP contribution in [0.2, 0.25) is 0 Å². The summed E-state index contributed by atoms with van der Waals surface area (Å²) in [7, 11) is 0. The van der Waals surface area contributed by atoms with Crippen molar-refractivity contribution in [3.63, 3.8) is 0 Å². The molecule has 0 atom stereocenters. The summed E-state index contributed by atoms with van der Waals surface area (Å²) in [6, 6.07) is 7.62. The SMILES string of the molecule is Nc1nc[nH]c1COc1ccc(Br)cc1. The number of nitrogens with zero attached hydrogens (tertiary/aromatic N) is 1. The molecule has 78 valence electrons. The lowest BCUT2D eigenvalue weighted by molar-refractivity contribution is 0.302. The van der Waals surface area contributed by atoms with Crippen LogP contribution in [-0.4, -0.2) is 9.97 Å². The van der Waals surface area contributed by atoms with Crippen molar-refractivity contribution in [2.24, 2.45) is 0 Å². The van der Waals surface area contributed by atoms with Crippen molar-refractivity contribution in [3.05, 3.63) is 40.8 Å². The first-order valence-electron chi connectivity index (χ1n) is 4.42. The monoisotopic (exact) mass is 267 g/mol. The molecule has 0 saturated carbocycles. The van der Waals surface area contributed by atoms with E-state index >= 15 is 0 Å². The maximum atomic E-state index is 5.60. The molecular weight excluding hydrogens is 258 g/mol. The third-order valence-corrected chi connectivity index (χ3v) is 2.48. The molecule has 1 aromatic heterocycles. The minimum Gasteiger partial charge on any atom is -0.487 e. The Bertz CT molecular complexity index is 438. The summed E-state index contributed by atoms with van der Waals surface area (Å²) in [6.07, 6.45) is 1.55. The van der Waals surface area contributed by atoms with E-state index in [4.69, 9.17) is 10.5 Å². The Hall–Kier alpha value is -1.49. The number of anilines is 1. The number of nitrogen functional groups attached to an aromatic ring is 1. The molecule has 0 radical (unpaired) electrons. The van der Waals surface area contributed by atoms with Gasteiger partial charge >= 0.3 is 0 Å². The number of nitrogens with two attached hydrogens (primary N) is 1. The van der Waals surface area contributed by atoms with E-state index in [2.05, 4.69) is 25.9 Å². The summed E-state index contributed by atoms with van der Waals surface area (Å²) < 4.78 is 6.54. The molecule has 0 aliphatic rings. The van der Waals surface area contributed by atoms with Gasteiger partial charge in [-0.15, -0.1) is 0 Å². The maximum absolute atomic E-state index is 5.60. The average Bonchev–Trinajstić information content (AvgIpc) is 2.63. The Morgan fingerprint density at radius 1 is 1.33 bits per heavy atom. The smallest absolute Gasteiger partial charge is 0.148 e. The van der Waals surface area contributed by atoms with E-state index in [1.54, 1.807) is 6.33 Å². The minimum absolute atomic E-state index is 0.396. The molecule has 4 nitrogen and oxygen atoms in total. The van der Waals surface area contributed by atoms with Gasteiger partial charge < -0.3 is 15.5 Å². The molecule has 5 heteroatoms. The van der Waals surface area contributed by atoms with Crippen molar-refractivity contribution in [2.75, 3.05) is 5.73 Å². The zero-order valence-corrected chi connectivity index (χ0v) is 9.49. The number of halogens is 1. The second kappa shape index (κ2) is 4.35. The first-order valence-corrected chi connectivity index (χ1v) is 5.21. The van der Waals surface area contributed by atoms with Crippen LogP contribution in [0.3, 0.4) is 0 Å². The van der Waals surface area contributed by atoms with Gasteiger partial charge in [-0.05, 0) is 24.3 Å². The zero-order valence-electron chi connectivity index (χ0n) is 7.90. The third kappa shape index (κ3) is 2.50. The van der Waals surface area contributed by atoms with Crippen LogP contribution in [0.1, 0.15) is 5.69 Å². The standard InChI is InChI=1S/C10H10BrN3O/c11-7-1-3-8(4-2-7)15-5-9-10(12)14-6-13-9/h1-4,6H,5,12H2,(H,13,14). The molecule has 15 heavy (non-hydrogen) atoms. The number of imidazole rings is 1. The number of rotatable bonds is 3. The van der Waals surface area contributed by atoms with Gasteiger partial charge in [0.2, 0.25) is 0 Å². The second-order valence-corrected chi connectivity index (χ2v) is 3.92. The van der Waals surface area contributed by atoms with Gasteiger partial charge in [0.15, 0.2) is 0 Å². The molecule has 2 aromatic rings. The summed E-state index contributed by atoms with van der Waals surface area (Å²) in [5.74, 6) is 1.28. The van der Waals surface area contributed by atoms with Gasteiger partial charge in [-0.2, -0.15) is 0 Å². The Morgan fingerprint density at radius 3 is 2.67 bits per heavy atom. The lowest BCUT2D eigenvalue weighted by Gasteiger charge is -2.04. The number of hydrogen-bond donors (Lipinski definition) is 2. The predicted octanol–water partition coefficient (Wildman–Crippen LogP) is 2.33. The molecule has 2 rings (SSSR count). The summed E-state index contributed by atoms with van der Waals surface area (Å²) in [4.78, 5) is 6.79. The van der Waals surface area contributed by atoms with Crippen LogP contribution in [0.15, 0.2) is 35.1 Å². The highest BCUT2D eigenvalue weighted by molar-refractivity contribution is 9.10. The van der Waals surface area contributed by atoms with Gasteiger partial charge in [0.05, 0.1) is 12.0 Å². The Labute approximate surface area is 95.6 Å². The number of benzene rings is 1. The molecule has 0 saturated heterocycles. The summed E-state index contributed by atoms with van der Waals surface area (Å²) in [5.41, 5.74) is 6.39. The van der Waals surface area contributed by atoms with E-state index < -0.39 is 0 Å². The molecule has 3 N–H and O–H groups in total. The molecule has 1 aromatic carbocycles. The molecule has 0 unspecified atom stereocenters. The molecule has 0 spiro atoms. The van der Waals surface area contributed by atoms with Crippen molar-refractivity contribution in [3.8, 4) is 5.75 Å². The van der Waals surface area contributed by atoms with Crippen molar-refractivity contribution in [1.82, 2.24) is 9.97 Å². The van der Waals surface area contributed by atoms with Crippen LogP contribution in [0, 0.1) is 0 Å². The average molecular weight is 268 g/mol. The van der Waals surface area contributed by atoms with Crippen LogP contribution in [0.5, 0.6) is 5.75 Å². The highest BCUT2D eigenvalue weighted by Crippen LogP contribution is 2.17. The molecule has 1 heterocycles. The fraction of sp³-hybridized carbons (Fsp3) is 0.100. The van der Waals surface area contributed by atoms with E-state index in [9.17, 15) is 0 Å². The quantitative estimate of drug-likeness (QED) is 0.897. The number of aromatic amines is 1. The van der Waals surface area contributed by atoms with Gasteiger partial charge in [0, 0.05) is 4.47 Å². The fourth-order valence-corrected chi connectivity index (χ4v) is 1.40. The summed E-state index contributed by atoms with van der Waals surface area (Å²) in [6.45, 7) is 0.396. The predicted molar refractivity (Wildman–Crippen MR) is 61.5 cm³/mol. The minimum atomic E-state index is 0.396. The first-order chi connectivity index (χ1) is 7.25. The molecule has 0 aliphatic carbocycles. The number of nitrogens with one attached hydrogen (secondary N) is 1. The van der Waals surface area contributed by atoms with Crippen LogP contribution >= 0.6 is 15.9 Å². The number of H-pyrrole nitrogens is 1. The number of hydrogen-bond acceptors (Lipinski definition) is 3. The zero-order chi connectivity index (χ0) is 10.7. The number of ether oxygens (including phenoxy) is 1. The van der Waals surface area contributed by atoms with Gasteiger partial charge in [-0.1, -0.05) is 15.9 Å². The summed E-state index contributed by atoms with van der Waals surface area (Å²) >= 11 is 3.36. The van der Waals surface area contributed by atoms with Crippen molar-refractivity contribution in [2.45, 2.75) is 6.61 Å². The molecule has 0 bridgehead atoms. The van der Waals surface area contributed by atoms with Crippen LogP contribution in [-0.2, 0) is 6.61 Å². The van der Waals surface area contributed by atoms with Crippen LogP contribution in [0.25, 0.3) is 0 Å². The normalized spacial score (nSPS) is 10.2.